The minimum absolute atomic E-state index is 0.269. The zero-order valence-electron chi connectivity index (χ0n) is 11.7. The van der Waals surface area contributed by atoms with Crippen molar-refractivity contribution < 1.29 is 4.79 Å². The summed E-state index contributed by atoms with van der Waals surface area (Å²) in [5, 5.41) is 4.30. The van der Waals surface area contributed by atoms with Crippen LogP contribution in [0, 0.1) is 6.92 Å². The SMILES string of the molecule is CCN(CC)CCC(=O)Cc1c(Br)c(C)nn1C. The van der Waals surface area contributed by atoms with Gasteiger partial charge in [-0.2, -0.15) is 5.10 Å². The molecule has 0 radical (unpaired) electrons. The topological polar surface area (TPSA) is 38.1 Å². The number of halogens is 1. The lowest BCUT2D eigenvalue weighted by Gasteiger charge is -2.17. The average Bonchev–Trinajstić information content (AvgIpc) is 2.57. The number of carbonyl (C=O) groups is 1. The van der Waals surface area contributed by atoms with Gasteiger partial charge in [0.2, 0.25) is 0 Å². The van der Waals surface area contributed by atoms with Crippen LogP contribution in [0.3, 0.4) is 0 Å². The van der Waals surface area contributed by atoms with E-state index in [1.165, 1.54) is 0 Å². The highest BCUT2D eigenvalue weighted by Crippen LogP contribution is 2.21. The zero-order chi connectivity index (χ0) is 13.7. The van der Waals surface area contributed by atoms with Crippen LogP contribution in [0.15, 0.2) is 4.47 Å². The molecule has 0 aliphatic carbocycles. The molecule has 1 heterocycles. The van der Waals surface area contributed by atoms with Gasteiger partial charge in [-0.3, -0.25) is 9.48 Å². The summed E-state index contributed by atoms with van der Waals surface area (Å²) in [4.78, 5) is 14.2. The maximum absolute atomic E-state index is 12.0. The summed E-state index contributed by atoms with van der Waals surface area (Å²) in [7, 11) is 1.88. The summed E-state index contributed by atoms with van der Waals surface area (Å²) in [5.74, 6) is 0.269. The molecule has 0 saturated heterocycles. The summed E-state index contributed by atoms with van der Waals surface area (Å²) >= 11 is 3.49. The minimum atomic E-state index is 0.269. The Labute approximate surface area is 117 Å². The lowest BCUT2D eigenvalue weighted by Crippen LogP contribution is -2.26. The molecular weight excluding hydrogens is 294 g/mol. The van der Waals surface area contributed by atoms with Crippen molar-refractivity contribution >= 4 is 21.7 Å². The average molecular weight is 316 g/mol. The van der Waals surface area contributed by atoms with Crippen LogP contribution in [-0.4, -0.2) is 40.1 Å². The first-order valence-corrected chi connectivity index (χ1v) is 7.20. The Kier molecular flexibility index (Phi) is 6.02. The van der Waals surface area contributed by atoms with Crippen LogP contribution in [0.2, 0.25) is 0 Å². The molecule has 0 aromatic carbocycles. The highest BCUT2D eigenvalue weighted by Gasteiger charge is 2.14. The highest BCUT2D eigenvalue weighted by atomic mass is 79.9. The maximum Gasteiger partial charge on any atom is 0.140 e. The monoisotopic (exact) mass is 315 g/mol. The van der Waals surface area contributed by atoms with Crippen molar-refractivity contribution in [3.05, 3.63) is 15.9 Å². The minimum Gasteiger partial charge on any atom is -0.303 e. The van der Waals surface area contributed by atoms with Crippen LogP contribution in [-0.2, 0) is 18.3 Å². The smallest absolute Gasteiger partial charge is 0.140 e. The van der Waals surface area contributed by atoms with Crippen LogP contribution < -0.4 is 0 Å². The molecule has 0 saturated carbocycles. The first-order chi connectivity index (χ1) is 8.49. The molecule has 1 aromatic heterocycles. The number of Topliss-reactive ketones (excluding diaryl/α,β-unsaturated/α-hetero) is 1. The lowest BCUT2D eigenvalue weighted by atomic mass is 10.1. The van der Waals surface area contributed by atoms with Crippen LogP contribution >= 0.6 is 15.9 Å². The Bertz CT molecular complexity index is 411. The summed E-state index contributed by atoms with van der Waals surface area (Å²) in [6.07, 6.45) is 1.07. The van der Waals surface area contributed by atoms with Gasteiger partial charge in [-0.15, -0.1) is 0 Å². The molecule has 0 N–H and O–H groups in total. The zero-order valence-corrected chi connectivity index (χ0v) is 13.2. The van der Waals surface area contributed by atoms with Crippen LogP contribution in [0.1, 0.15) is 31.7 Å². The number of rotatable bonds is 7. The van der Waals surface area contributed by atoms with E-state index >= 15 is 0 Å². The molecule has 102 valence electrons. The van der Waals surface area contributed by atoms with Crippen molar-refractivity contribution in [3.8, 4) is 0 Å². The molecule has 0 aliphatic rings. The van der Waals surface area contributed by atoms with E-state index in [1.807, 2.05) is 14.0 Å². The molecule has 1 aromatic rings. The second kappa shape index (κ2) is 7.04. The van der Waals surface area contributed by atoms with E-state index in [9.17, 15) is 4.79 Å². The molecule has 18 heavy (non-hydrogen) atoms. The second-order valence-electron chi connectivity index (χ2n) is 4.46. The van der Waals surface area contributed by atoms with E-state index < -0.39 is 0 Å². The third-order valence-electron chi connectivity index (χ3n) is 3.23. The van der Waals surface area contributed by atoms with Gasteiger partial charge >= 0.3 is 0 Å². The Balaban J connectivity index is 2.54. The van der Waals surface area contributed by atoms with E-state index in [4.69, 9.17) is 0 Å². The first-order valence-electron chi connectivity index (χ1n) is 6.41. The standard InChI is InChI=1S/C13H22BrN3O/c1-5-17(6-2)8-7-11(18)9-12-13(14)10(3)15-16(12)4/h5-9H2,1-4H3. The summed E-state index contributed by atoms with van der Waals surface area (Å²) in [6, 6.07) is 0. The predicted octanol–water partition coefficient (Wildman–Crippen LogP) is 2.33. The number of aryl methyl sites for hydroxylation is 2. The van der Waals surface area contributed by atoms with E-state index in [1.54, 1.807) is 4.68 Å². The van der Waals surface area contributed by atoms with Crippen molar-refractivity contribution in [1.29, 1.82) is 0 Å². The van der Waals surface area contributed by atoms with Gasteiger partial charge in [0.1, 0.15) is 5.78 Å². The Morgan fingerprint density at radius 1 is 1.39 bits per heavy atom. The fraction of sp³-hybridized carbons (Fsp3) is 0.692. The molecule has 0 aliphatic heterocycles. The van der Waals surface area contributed by atoms with Crippen molar-refractivity contribution in [2.45, 2.75) is 33.6 Å². The fourth-order valence-electron chi connectivity index (χ4n) is 1.97. The van der Waals surface area contributed by atoms with Crippen molar-refractivity contribution in [1.82, 2.24) is 14.7 Å². The molecule has 0 unspecified atom stereocenters. The van der Waals surface area contributed by atoms with Crippen molar-refractivity contribution in [2.24, 2.45) is 7.05 Å². The van der Waals surface area contributed by atoms with Crippen molar-refractivity contribution in [3.63, 3.8) is 0 Å². The molecule has 0 bridgehead atoms. The van der Waals surface area contributed by atoms with Crippen LogP contribution in [0.4, 0.5) is 0 Å². The van der Waals surface area contributed by atoms with Gasteiger partial charge in [-0.1, -0.05) is 13.8 Å². The normalized spacial score (nSPS) is 11.2. The number of aromatic nitrogens is 2. The molecular formula is C13H22BrN3O. The molecule has 4 nitrogen and oxygen atoms in total. The van der Waals surface area contributed by atoms with Gasteiger partial charge < -0.3 is 4.90 Å². The first kappa shape index (κ1) is 15.4. The molecule has 1 rings (SSSR count). The van der Waals surface area contributed by atoms with Crippen LogP contribution in [0.5, 0.6) is 0 Å². The number of hydrogen-bond acceptors (Lipinski definition) is 3. The van der Waals surface area contributed by atoms with E-state index in [2.05, 4.69) is 39.8 Å². The van der Waals surface area contributed by atoms with Gasteiger partial charge in [-0.05, 0) is 35.9 Å². The third kappa shape index (κ3) is 3.92. The fourth-order valence-corrected chi connectivity index (χ4v) is 2.45. The van der Waals surface area contributed by atoms with Gasteiger partial charge in [-0.25, -0.2) is 0 Å². The molecule has 0 amide bonds. The van der Waals surface area contributed by atoms with Gasteiger partial charge in [0.15, 0.2) is 0 Å². The van der Waals surface area contributed by atoms with Gasteiger partial charge in [0, 0.05) is 26.4 Å². The van der Waals surface area contributed by atoms with E-state index in [-0.39, 0.29) is 5.78 Å². The second-order valence-corrected chi connectivity index (χ2v) is 5.26. The molecule has 0 atom stereocenters. The maximum atomic E-state index is 12.0. The Hall–Kier alpha value is -0.680. The Morgan fingerprint density at radius 3 is 2.44 bits per heavy atom. The predicted molar refractivity (Wildman–Crippen MR) is 76.8 cm³/mol. The van der Waals surface area contributed by atoms with Crippen molar-refractivity contribution in [2.75, 3.05) is 19.6 Å². The van der Waals surface area contributed by atoms with Gasteiger partial charge in [0.25, 0.3) is 0 Å². The highest BCUT2D eigenvalue weighted by molar-refractivity contribution is 9.10. The largest absolute Gasteiger partial charge is 0.303 e. The van der Waals surface area contributed by atoms with E-state index in [0.29, 0.717) is 12.8 Å². The summed E-state index contributed by atoms with van der Waals surface area (Å²) < 4.78 is 2.75. The van der Waals surface area contributed by atoms with Crippen LogP contribution in [0.25, 0.3) is 0 Å². The molecule has 5 heteroatoms. The lowest BCUT2D eigenvalue weighted by molar-refractivity contribution is -0.118. The number of hydrogen-bond donors (Lipinski definition) is 0. The summed E-state index contributed by atoms with van der Waals surface area (Å²) in [5.41, 5.74) is 1.90. The summed E-state index contributed by atoms with van der Waals surface area (Å²) in [6.45, 7) is 9.02. The quantitative estimate of drug-likeness (QED) is 0.775. The number of ketones is 1. The molecule has 0 fully saturated rings. The third-order valence-corrected chi connectivity index (χ3v) is 4.26. The Morgan fingerprint density at radius 2 is 2.00 bits per heavy atom. The molecule has 0 spiro atoms. The number of carbonyl (C=O) groups excluding carboxylic acids is 1. The number of nitrogens with zero attached hydrogens (tertiary/aromatic N) is 3. The van der Waals surface area contributed by atoms with Gasteiger partial charge in [0.05, 0.1) is 15.9 Å². The van der Waals surface area contributed by atoms with E-state index in [0.717, 1.165) is 35.5 Å².